The van der Waals surface area contributed by atoms with Gasteiger partial charge < -0.3 is 14.9 Å². The van der Waals surface area contributed by atoms with Crippen LogP contribution in [0.2, 0.25) is 0 Å². The van der Waals surface area contributed by atoms with E-state index in [0.717, 1.165) is 0 Å². The van der Waals surface area contributed by atoms with Crippen LogP contribution in [0.4, 0.5) is 43.9 Å². The second-order valence-electron chi connectivity index (χ2n) is 7.61. The van der Waals surface area contributed by atoms with Gasteiger partial charge in [-0.05, 0) is 0 Å². The number of nitrogens with one attached hydrogen (secondary N) is 2. The zero-order valence-electron chi connectivity index (χ0n) is 20.7. The minimum atomic E-state index is -2.33. The van der Waals surface area contributed by atoms with Crippen molar-refractivity contribution in [3.63, 3.8) is 0 Å². The number of hydrogen-bond donors (Lipinski definition) is 4. The molecule has 43 heavy (non-hydrogen) atoms. The van der Waals surface area contributed by atoms with E-state index < -0.39 is 81.6 Å². The van der Waals surface area contributed by atoms with Crippen LogP contribution in [-0.2, 0) is 22.4 Å². The third-order valence-electron chi connectivity index (χ3n) is 4.68. The first kappa shape index (κ1) is 34.0. The van der Waals surface area contributed by atoms with Gasteiger partial charge in [0.1, 0.15) is 0 Å². The lowest BCUT2D eigenvalue weighted by Crippen LogP contribution is -2.14. The van der Waals surface area contributed by atoms with E-state index >= 15 is 0 Å². The number of carboxylic acid groups (broad SMARTS) is 1. The van der Waals surface area contributed by atoms with Crippen LogP contribution in [0.3, 0.4) is 0 Å². The Kier molecular flexibility index (Phi) is 11.9. The lowest BCUT2D eigenvalue weighted by atomic mass is 10.2. The van der Waals surface area contributed by atoms with Crippen LogP contribution < -0.4 is 4.74 Å². The summed E-state index contributed by atoms with van der Waals surface area (Å²) in [6, 6.07) is 0. The molecule has 4 aromatic rings. The SMILES string of the molecule is O=C(CCc1cn[nH]n1)Oc1c(F)c(F)c(F)c(F)c1F.O=C(O)CCc1cn[nH]n1.Oc1c(F)c(F)c(F)c(F)c1F. The number of ether oxygens (including phenoxy) is 1. The Morgan fingerprint density at radius 1 is 0.628 bits per heavy atom. The second-order valence-corrected chi connectivity index (χ2v) is 7.61. The molecule has 0 amide bonds. The van der Waals surface area contributed by atoms with E-state index in [4.69, 9.17) is 10.2 Å². The van der Waals surface area contributed by atoms with E-state index in [1.165, 1.54) is 12.4 Å². The molecule has 0 bridgehead atoms. The number of rotatable bonds is 7. The van der Waals surface area contributed by atoms with E-state index in [2.05, 4.69) is 35.6 Å². The highest BCUT2D eigenvalue weighted by atomic mass is 19.2. The van der Waals surface area contributed by atoms with E-state index in [0.29, 0.717) is 17.8 Å². The van der Waals surface area contributed by atoms with Crippen molar-refractivity contribution in [2.24, 2.45) is 0 Å². The quantitative estimate of drug-likeness (QED) is 0.0776. The molecule has 0 fully saturated rings. The molecule has 0 radical (unpaired) electrons. The number of phenolic OH excluding ortho intramolecular Hbond substituents is 1. The van der Waals surface area contributed by atoms with Gasteiger partial charge in [0.25, 0.3) is 0 Å². The number of aliphatic carboxylic acids is 1. The van der Waals surface area contributed by atoms with E-state index in [9.17, 15) is 53.5 Å². The zero-order valence-corrected chi connectivity index (χ0v) is 20.7. The first-order valence-electron chi connectivity index (χ1n) is 11.0. The Balaban J connectivity index is 0.000000248. The molecule has 232 valence electrons. The van der Waals surface area contributed by atoms with Crippen LogP contribution >= 0.6 is 0 Å². The number of halogens is 10. The molecule has 2 aromatic heterocycles. The fourth-order valence-electron chi connectivity index (χ4n) is 2.59. The van der Waals surface area contributed by atoms with Crippen LogP contribution in [0.5, 0.6) is 11.5 Å². The summed E-state index contributed by atoms with van der Waals surface area (Å²) in [6.07, 6.45) is 2.99. The number of phenols is 1. The van der Waals surface area contributed by atoms with Gasteiger partial charge in [-0.3, -0.25) is 9.59 Å². The van der Waals surface area contributed by atoms with Crippen molar-refractivity contribution in [1.82, 2.24) is 30.8 Å². The Bertz CT molecular complexity index is 1440. The molecular weight excluding hydrogens is 618 g/mol. The minimum absolute atomic E-state index is 0.0186. The third kappa shape index (κ3) is 8.87. The smallest absolute Gasteiger partial charge is 0.311 e. The van der Waals surface area contributed by atoms with Gasteiger partial charge in [0, 0.05) is 12.8 Å². The number of nitrogens with zero attached hydrogens (tertiary/aromatic N) is 4. The Morgan fingerprint density at radius 2 is 1.00 bits per heavy atom. The van der Waals surface area contributed by atoms with Crippen LogP contribution in [0.1, 0.15) is 24.2 Å². The molecule has 0 aliphatic carbocycles. The molecule has 0 saturated carbocycles. The van der Waals surface area contributed by atoms with Crippen molar-refractivity contribution in [3.05, 3.63) is 82.0 Å². The summed E-state index contributed by atoms with van der Waals surface area (Å²) >= 11 is 0. The highest BCUT2D eigenvalue weighted by molar-refractivity contribution is 5.72. The summed E-state index contributed by atoms with van der Waals surface area (Å²) in [5, 5.41) is 35.5. The number of carboxylic acids is 1. The number of carbonyl (C=O) groups is 2. The average molecular weight is 632 g/mol. The maximum atomic E-state index is 13.3. The van der Waals surface area contributed by atoms with Gasteiger partial charge in [-0.1, -0.05) is 0 Å². The van der Waals surface area contributed by atoms with Crippen molar-refractivity contribution >= 4 is 11.9 Å². The minimum Gasteiger partial charge on any atom is -0.503 e. The number of aromatic amines is 2. The molecule has 2 aromatic carbocycles. The molecule has 4 N–H and O–H groups in total. The van der Waals surface area contributed by atoms with Gasteiger partial charge >= 0.3 is 11.9 Å². The van der Waals surface area contributed by atoms with Crippen molar-refractivity contribution in [3.8, 4) is 11.5 Å². The highest BCUT2D eigenvalue weighted by Gasteiger charge is 2.28. The summed E-state index contributed by atoms with van der Waals surface area (Å²) in [5.41, 5.74) is 1.05. The number of aryl methyl sites for hydroxylation is 2. The topological polar surface area (TPSA) is 167 Å². The maximum Gasteiger partial charge on any atom is 0.311 e. The van der Waals surface area contributed by atoms with Crippen molar-refractivity contribution in [1.29, 1.82) is 0 Å². The van der Waals surface area contributed by atoms with E-state index in [-0.39, 0.29) is 19.3 Å². The number of esters is 1. The summed E-state index contributed by atoms with van der Waals surface area (Å²) in [5.74, 6) is -27.7. The standard InChI is InChI=1S/C11H6F5N3O2.C6HF5O.C5H7N3O2/c12-6-7(13)9(15)11(10(16)8(6)14)21-5(20)2-1-4-3-17-19-18-4;7-1-2(8)4(10)6(12)5(11)3(1)9;9-5(10)2-1-4-3-6-8-7-4/h3H,1-2H2,(H,17,18,19);12H;3H,1-2H2,(H,9,10)(H,6,7,8). The predicted molar refractivity (Wildman–Crippen MR) is 117 cm³/mol. The number of carbonyl (C=O) groups excluding carboxylic acids is 1. The van der Waals surface area contributed by atoms with Gasteiger partial charge in [0.15, 0.2) is 5.75 Å². The number of benzene rings is 2. The zero-order chi connectivity index (χ0) is 32.4. The summed E-state index contributed by atoms with van der Waals surface area (Å²) in [4.78, 5) is 21.4. The highest BCUT2D eigenvalue weighted by Crippen LogP contribution is 2.29. The third-order valence-corrected chi connectivity index (χ3v) is 4.68. The number of aromatic nitrogens is 6. The Labute approximate surface area is 231 Å². The molecule has 0 saturated heterocycles. The van der Waals surface area contributed by atoms with Gasteiger partial charge in [0.05, 0.1) is 36.6 Å². The lowest BCUT2D eigenvalue weighted by molar-refractivity contribution is -0.137. The average Bonchev–Trinajstić information content (AvgIpc) is 3.72. The predicted octanol–water partition coefficient (Wildman–Crippen LogP) is 3.95. The molecule has 0 atom stereocenters. The van der Waals surface area contributed by atoms with Gasteiger partial charge in [0.2, 0.25) is 63.9 Å². The largest absolute Gasteiger partial charge is 0.503 e. The van der Waals surface area contributed by atoms with Gasteiger partial charge in [-0.2, -0.15) is 48.4 Å². The number of hydrogen-bond acceptors (Lipinski definition) is 8. The fraction of sp³-hybridized carbons (Fsp3) is 0.182. The maximum absolute atomic E-state index is 13.3. The lowest BCUT2D eigenvalue weighted by Gasteiger charge is -2.08. The van der Waals surface area contributed by atoms with Gasteiger partial charge in [-0.15, -0.1) is 0 Å². The van der Waals surface area contributed by atoms with Crippen LogP contribution in [0, 0.1) is 58.2 Å². The molecule has 0 aliphatic heterocycles. The molecule has 0 unspecified atom stereocenters. The van der Waals surface area contributed by atoms with Crippen molar-refractivity contribution in [2.75, 3.05) is 0 Å². The Morgan fingerprint density at radius 3 is 1.37 bits per heavy atom. The molecule has 0 spiro atoms. The monoisotopic (exact) mass is 632 g/mol. The molecular formula is C22H14F10N6O5. The molecule has 0 aliphatic rings. The van der Waals surface area contributed by atoms with Crippen molar-refractivity contribution < 1.29 is 68.4 Å². The first-order valence-corrected chi connectivity index (χ1v) is 11.0. The van der Waals surface area contributed by atoms with Crippen molar-refractivity contribution in [2.45, 2.75) is 25.7 Å². The number of H-pyrrole nitrogens is 2. The van der Waals surface area contributed by atoms with Crippen LogP contribution in [-0.4, -0.2) is 53.0 Å². The summed E-state index contributed by atoms with van der Waals surface area (Å²) < 4.78 is 130. The summed E-state index contributed by atoms with van der Waals surface area (Å²) in [6.45, 7) is 0. The molecule has 21 heteroatoms. The van der Waals surface area contributed by atoms with Gasteiger partial charge in [-0.25, -0.2) is 26.3 Å². The molecule has 4 rings (SSSR count). The number of aromatic hydroxyl groups is 1. The molecule has 11 nitrogen and oxygen atoms in total. The molecule has 2 heterocycles. The fourth-order valence-corrected chi connectivity index (χ4v) is 2.59. The van der Waals surface area contributed by atoms with E-state index in [1.54, 1.807) is 0 Å². The van der Waals surface area contributed by atoms with E-state index in [1.807, 2.05) is 0 Å². The normalized spacial score (nSPS) is 10.4. The van der Waals surface area contributed by atoms with Crippen LogP contribution in [0.15, 0.2) is 12.4 Å². The van der Waals surface area contributed by atoms with Crippen LogP contribution in [0.25, 0.3) is 0 Å². The summed E-state index contributed by atoms with van der Waals surface area (Å²) in [7, 11) is 0. The Hall–Kier alpha value is -5.24. The first-order chi connectivity index (χ1) is 20.2. The second kappa shape index (κ2) is 15.1.